The molecule has 0 saturated carbocycles. The summed E-state index contributed by atoms with van der Waals surface area (Å²) >= 11 is 3.07. The van der Waals surface area contributed by atoms with Crippen molar-refractivity contribution in [3.63, 3.8) is 0 Å². The minimum absolute atomic E-state index is 0.0409. The fraction of sp³-hybridized carbons (Fsp3) is 0.429. The van der Waals surface area contributed by atoms with E-state index in [1.165, 1.54) is 12.1 Å². The van der Waals surface area contributed by atoms with Crippen LogP contribution in [0.15, 0.2) is 16.6 Å². The second-order valence-corrected chi connectivity index (χ2v) is 5.19. The Balaban J connectivity index is 3.14. The van der Waals surface area contributed by atoms with Gasteiger partial charge in [0.05, 0.1) is 22.3 Å². The molecule has 20 heavy (non-hydrogen) atoms. The van der Waals surface area contributed by atoms with Crippen molar-refractivity contribution in [2.45, 2.75) is 26.8 Å². The first-order valence-electron chi connectivity index (χ1n) is 6.22. The van der Waals surface area contributed by atoms with Gasteiger partial charge in [0.2, 0.25) is 0 Å². The van der Waals surface area contributed by atoms with E-state index in [9.17, 15) is 9.18 Å². The summed E-state index contributed by atoms with van der Waals surface area (Å²) in [6, 6.07) is 4.82. The van der Waals surface area contributed by atoms with Crippen molar-refractivity contribution < 1.29 is 13.9 Å². The predicted octanol–water partition coefficient (Wildman–Crippen LogP) is 3.24. The number of hydrogen-bond donors (Lipinski definition) is 0. The molecule has 0 bridgehead atoms. The highest BCUT2D eigenvalue weighted by Gasteiger charge is 2.21. The van der Waals surface area contributed by atoms with Gasteiger partial charge in [-0.3, -0.25) is 4.79 Å². The van der Waals surface area contributed by atoms with E-state index in [1.54, 1.807) is 11.8 Å². The third-order valence-electron chi connectivity index (χ3n) is 2.72. The van der Waals surface area contributed by atoms with Crippen LogP contribution in [0, 0.1) is 17.1 Å². The van der Waals surface area contributed by atoms with Crippen molar-refractivity contribution in [2.24, 2.45) is 0 Å². The van der Waals surface area contributed by atoms with Crippen molar-refractivity contribution >= 4 is 27.6 Å². The zero-order valence-electron chi connectivity index (χ0n) is 11.6. The number of ether oxygens (including phenoxy) is 1. The number of carbonyl (C=O) groups is 1. The Morgan fingerprint density at radius 2 is 2.20 bits per heavy atom. The number of nitriles is 1. The topological polar surface area (TPSA) is 53.3 Å². The van der Waals surface area contributed by atoms with Gasteiger partial charge in [-0.15, -0.1) is 0 Å². The molecule has 0 radical (unpaired) electrons. The van der Waals surface area contributed by atoms with E-state index < -0.39 is 11.8 Å². The summed E-state index contributed by atoms with van der Waals surface area (Å²) in [5, 5.41) is 8.86. The lowest BCUT2D eigenvalue weighted by atomic mass is 10.1. The molecule has 108 valence electrons. The van der Waals surface area contributed by atoms with E-state index >= 15 is 0 Å². The zero-order chi connectivity index (χ0) is 15.3. The fourth-order valence-corrected chi connectivity index (χ4v) is 2.16. The molecule has 0 aliphatic rings. The van der Waals surface area contributed by atoms with E-state index in [2.05, 4.69) is 15.9 Å². The summed E-state index contributed by atoms with van der Waals surface area (Å²) < 4.78 is 19.3. The van der Waals surface area contributed by atoms with Crippen LogP contribution in [0.3, 0.4) is 0 Å². The monoisotopic (exact) mass is 342 g/mol. The highest BCUT2D eigenvalue weighted by atomic mass is 79.9. The van der Waals surface area contributed by atoms with Gasteiger partial charge >= 0.3 is 5.97 Å². The summed E-state index contributed by atoms with van der Waals surface area (Å²) in [4.78, 5) is 13.2. The van der Waals surface area contributed by atoms with Gasteiger partial charge in [0.25, 0.3) is 0 Å². The summed E-state index contributed by atoms with van der Waals surface area (Å²) in [5.74, 6) is -0.969. The molecular formula is C14H16BrFN2O2. The molecule has 0 saturated heterocycles. The van der Waals surface area contributed by atoms with E-state index in [0.29, 0.717) is 0 Å². The van der Waals surface area contributed by atoms with Crippen LogP contribution < -0.4 is 4.90 Å². The first-order chi connectivity index (χ1) is 9.42. The molecule has 0 unspecified atom stereocenters. The molecule has 0 heterocycles. The van der Waals surface area contributed by atoms with Gasteiger partial charge in [-0.05, 0) is 48.8 Å². The predicted molar refractivity (Wildman–Crippen MR) is 77.9 cm³/mol. The standard InChI is InChI=1S/C14H16BrFN2O2/c1-4-20-12(19)8-18(9(2)3)11-6-5-10(7-17)13(15)14(11)16/h5-6,9H,4,8H2,1-3H3. The van der Waals surface area contributed by atoms with Gasteiger partial charge in [-0.2, -0.15) is 5.26 Å². The Hall–Kier alpha value is -1.61. The molecule has 0 aliphatic heterocycles. The second-order valence-electron chi connectivity index (χ2n) is 4.40. The van der Waals surface area contributed by atoms with Crippen LogP contribution in [-0.2, 0) is 9.53 Å². The molecule has 0 spiro atoms. The fourth-order valence-electron chi connectivity index (χ4n) is 1.74. The lowest BCUT2D eigenvalue weighted by Crippen LogP contribution is -2.37. The summed E-state index contributed by atoms with van der Waals surface area (Å²) in [5.41, 5.74) is 0.477. The van der Waals surface area contributed by atoms with Crippen LogP contribution in [0.4, 0.5) is 10.1 Å². The quantitative estimate of drug-likeness (QED) is 0.771. The maximum Gasteiger partial charge on any atom is 0.325 e. The lowest BCUT2D eigenvalue weighted by molar-refractivity contribution is -0.141. The number of rotatable bonds is 5. The van der Waals surface area contributed by atoms with Crippen LogP contribution in [-0.4, -0.2) is 25.2 Å². The number of halogens is 2. The Labute approximate surface area is 126 Å². The average molecular weight is 343 g/mol. The third kappa shape index (κ3) is 3.70. The highest BCUT2D eigenvalue weighted by Crippen LogP contribution is 2.30. The van der Waals surface area contributed by atoms with Crippen molar-refractivity contribution in [1.29, 1.82) is 5.26 Å². The number of hydrogen-bond acceptors (Lipinski definition) is 4. The lowest BCUT2D eigenvalue weighted by Gasteiger charge is -2.28. The van der Waals surface area contributed by atoms with Gasteiger partial charge in [0.1, 0.15) is 12.6 Å². The number of anilines is 1. The van der Waals surface area contributed by atoms with E-state index in [0.717, 1.165) is 0 Å². The first-order valence-corrected chi connectivity index (χ1v) is 7.02. The molecule has 0 fully saturated rings. The minimum atomic E-state index is -0.554. The Morgan fingerprint density at radius 3 is 2.70 bits per heavy atom. The van der Waals surface area contributed by atoms with Gasteiger partial charge in [0, 0.05) is 6.04 Å². The number of carbonyl (C=O) groups excluding carboxylic acids is 1. The Morgan fingerprint density at radius 1 is 1.55 bits per heavy atom. The number of esters is 1. The van der Waals surface area contributed by atoms with Gasteiger partial charge in [-0.1, -0.05) is 0 Å². The van der Waals surface area contributed by atoms with Crippen LogP contribution in [0.2, 0.25) is 0 Å². The smallest absolute Gasteiger partial charge is 0.325 e. The van der Waals surface area contributed by atoms with E-state index in [-0.39, 0.29) is 34.9 Å². The van der Waals surface area contributed by atoms with Crippen LogP contribution in [0.1, 0.15) is 26.3 Å². The summed E-state index contributed by atoms with van der Waals surface area (Å²) in [6.45, 7) is 5.66. The SMILES string of the molecule is CCOC(=O)CN(c1ccc(C#N)c(Br)c1F)C(C)C. The van der Waals surface area contributed by atoms with Crippen LogP contribution in [0.25, 0.3) is 0 Å². The van der Waals surface area contributed by atoms with Crippen molar-refractivity contribution in [1.82, 2.24) is 0 Å². The maximum absolute atomic E-state index is 14.3. The summed E-state index contributed by atoms with van der Waals surface area (Å²) in [6.07, 6.45) is 0. The highest BCUT2D eigenvalue weighted by molar-refractivity contribution is 9.10. The van der Waals surface area contributed by atoms with Crippen molar-refractivity contribution in [2.75, 3.05) is 18.1 Å². The zero-order valence-corrected chi connectivity index (χ0v) is 13.2. The molecule has 1 aromatic rings. The number of nitrogens with zero attached hydrogens (tertiary/aromatic N) is 2. The normalized spacial score (nSPS) is 10.2. The van der Waals surface area contributed by atoms with Gasteiger partial charge < -0.3 is 9.64 Å². The van der Waals surface area contributed by atoms with E-state index in [4.69, 9.17) is 10.00 Å². The molecular weight excluding hydrogens is 327 g/mol. The molecule has 0 aliphatic carbocycles. The molecule has 4 nitrogen and oxygen atoms in total. The van der Waals surface area contributed by atoms with Crippen LogP contribution >= 0.6 is 15.9 Å². The molecule has 0 amide bonds. The average Bonchev–Trinajstić information content (AvgIpc) is 2.40. The molecule has 0 aromatic heterocycles. The number of benzene rings is 1. The van der Waals surface area contributed by atoms with Gasteiger partial charge in [0.15, 0.2) is 5.82 Å². The first kappa shape index (κ1) is 16.4. The Bertz CT molecular complexity index is 541. The summed E-state index contributed by atoms with van der Waals surface area (Å²) in [7, 11) is 0. The third-order valence-corrected chi connectivity index (χ3v) is 3.50. The minimum Gasteiger partial charge on any atom is -0.465 e. The molecule has 6 heteroatoms. The van der Waals surface area contributed by atoms with Crippen molar-refractivity contribution in [3.05, 3.63) is 28.0 Å². The second kappa shape index (κ2) is 7.25. The van der Waals surface area contributed by atoms with Gasteiger partial charge in [-0.25, -0.2) is 4.39 Å². The molecule has 1 aromatic carbocycles. The van der Waals surface area contributed by atoms with Crippen LogP contribution in [0.5, 0.6) is 0 Å². The molecule has 0 N–H and O–H groups in total. The van der Waals surface area contributed by atoms with E-state index in [1.807, 2.05) is 19.9 Å². The largest absolute Gasteiger partial charge is 0.465 e. The molecule has 1 rings (SSSR count). The molecule has 0 atom stereocenters. The maximum atomic E-state index is 14.3. The van der Waals surface area contributed by atoms with Crippen molar-refractivity contribution in [3.8, 4) is 6.07 Å². The Kier molecular flexibility index (Phi) is 5.96.